The van der Waals surface area contributed by atoms with Crippen molar-refractivity contribution in [2.24, 2.45) is 0 Å². The standard InChI is InChI=1S/C21H27N3O2S/c1-15-12-16(2)14-18(13-15)23-21(26)20(25)22-7-10-24-8-5-17(6-9-24)19-4-3-11-27-19/h3-4,11-14,17H,5-10H2,1-2H3,(H,22,25)(H,23,26). The van der Waals surface area contributed by atoms with Gasteiger partial charge in [-0.1, -0.05) is 12.1 Å². The maximum absolute atomic E-state index is 12.1. The summed E-state index contributed by atoms with van der Waals surface area (Å²) in [7, 11) is 0. The molecule has 0 atom stereocenters. The molecule has 0 saturated carbocycles. The number of nitrogens with zero attached hydrogens (tertiary/aromatic N) is 1. The van der Waals surface area contributed by atoms with Gasteiger partial charge in [-0.3, -0.25) is 9.59 Å². The lowest BCUT2D eigenvalue weighted by atomic mass is 9.95. The van der Waals surface area contributed by atoms with Gasteiger partial charge in [-0.25, -0.2) is 0 Å². The van der Waals surface area contributed by atoms with E-state index in [-0.39, 0.29) is 0 Å². The molecule has 6 heteroatoms. The molecule has 5 nitrogen and oxygen atoms in total. The number of amides is 2. The second-order valence-electron chi connectivity index (χ2n) is 7.22. The van der Waals surface area contributed by atoms with Gasteiger partial charge in [0.05, 0.1) is 0 Å². The van der Waals surface area contributed by atoms with E-state index in [2.05, 4.69) is 33.0 Å². The number of hydrogen-bond acceptors (Lipinski definition) is 4. The second kappa shape index (κ2) is 9.15. The van der Waals surface area contributed by atoms with Gasteiger partial charge in [-0.05, 0) is 80.4 Å². The minimum Gasteiger partial charge on any atom is -0.347 e. The molecule has 0 aliphatic carbocycles. The van der Waals surface area contributed by atoms with Crippen LogP contribution in [0.25, 0.3) is 0 Å². The number of carbonyl (C=O) groups is 2. The summed E-state index contributed by atoms with van der Waals surface area (Å²) in [5, 5.41) is 7.54. The van der Waals surface area contributed by atoms with Crippen molar-refractivity contribution in [2.75, 3.05) is 31.5 Å². The summed E-state index contributed by atoms with van der Waals surface area (Å²) >= 11 is 1.84. The number of anilines is 1. The van der Waals surface area contributed by atoms with E-state index < -0.39 is 11.8 Å². The Morgan fingerprint density at radius 1 is 1.11 bits per heavy atom. The Hall–Kier alpha value is -2.18. The first-order valence-corrected chi connectivity index (χ1v) is 10.3. The third-order valence-corrected chi connectivity index (χ3v) is 5.97. The van der Waals surface area contributed by atoms with Crippen LogP contribution in [0.2, 0.25) is 0 Å². The van der Waals surface area contributed by atoms with Gasteiger partial charge in [-0.2, -0.15) is 0 Å². The third kappa shape index (κ3) is 5.65. The number of piperidine rings is 1. The first kappa shape index (κ1) is 19.6. The number of nitrogens with one attached hydrogen (secondary N) is 2. The van der Waals surface area contributed by atoms with Crippen LogP contribution in [0.4, 0.5) is 5.69 Å². The van der Waals surface area contributed by atoms with Crippen LogP contribution in [0.15, 0.2) is 35.7 Å². The lowest BCUT2D eigenvalue weighted by molar-refractivity contribution is -0.136. The number of carbonyl (C=O) groups excluding carboxylic acids is 2. The molecule has 2 heterocycles. The van der Waals surface area contributed by atoms with Gasteiger partial charge in [0.25, 0.3) is 0 Å². The summed E-state index contributed by atoms with van der Waals surface area (Å²) in [4.78, 5) is 27.9. The summed E-state index contributed by atoms with van der Waals surface area (Å²) in [6.45, 7) is 7.26. The zero-order valence-electron chi connectivity index (χ0n) is 16.0. The predicted molar refractivity (Wildman–Crippen MR) is 110 cm³/mol. The molecule has 2 amide bonds. The van der Waals surface area contributed by atoms with Gasteiger partial charge in [-0.15, -0.1) is 11.3 Å². The zero-order chi connectivity index (χ0) is 19.2. The van der Waals surface area contributed by atoms with Crippen molar-refractivity contribution in [3.63, 3.8) is 0 Å². The summed E-state index contributed by atoms with van der Waals surface area (Å²) in [5.41, 5.74) is 2.76. The fourth-order valence-corrected chi connectivity index (χ4v) is 4.51. The normalized spacial score (nSPS) is 15.5. The van der Waals surface area contributed by atoms with Gasteiger partial charge in [0.15, 0.2) is 0 Å². The molecule has 0 spiro atoms. The topological polar surface area (TPSA) is 61.4 Å². The van der Waals surface area contributed by atoms with E-state index in [0.717, 1.165) is 43.6 Å². The lowest BCUT2D eigenvalue weighted by Gasteiger charge is -2.31. The average Bonchev–Trinajstić information content (AvgIpc) is 3.16. The predicted octanol–water partition coefficient (Wildman–Crippen LogP) is 3.30. The number of rotatable bonds is 5. The highest BCUT2D eigenvalue weighted by atomic mass is 32.1. The Bertz CT molecular complexity index is 760. The van der Waals surface area contributed by atoms with Crippen LogP contribution in [-0.2, 0) is 9.59 Å². The summed E-state index contributed by atoms with van der Waals surface area (Å²) in [5.74, 6) is -0.529. The highest BCUT2D eigenvalue weighted by molar-refractivity contribution is 7.10. The number of benzene rings is 1. The van der Waals surface area contributed by atoms with Gasteiger partial charge >= 0.3 is 11.8 Å². The quantitative estimate of drug-likeness (QED) is 0.777. The summed E-state index contributed by atoms with van der Waals surface area (Å²) < 4.78 is 0. The molecule has 144 valence electrons. The Morgan fingerprint density at radius 3 is 2.44 bits per heavy atom. The molecular weight excluding hydrogens is 358 g/mol. The summed E-state index contributed by atoms with van der Waals surface area (Å²) in [6, 6.07) is 10.1. The van der Waals surface area contributed by atoms with Crippen molar-refractivity contribution in [3.8, 4) is 0 Å². The van der Waals surface area contributed by atoms with Crippen molar-refractivity contribution < 1.29 is 9.59 Å². The fraction of sp³-hybridized carbons (Fsp3) is 0.429. The Kier molecular flexibility index (Phi) is 6.63. The zero-order valence-corrected chi connectivity index (χ0v) is 16.8. The first-order valence-electron chi connectivity index (χ1n) is 9.44. The molecule has 0 radical (unpaired) electrons. The van der Waals surface area contributed by atoms with Gasteiger partial charge in [0.1, 0.15) is 0 Å². The van der Waals surface area contributed by atoms with Crippen LogP contribution in [0.5, 0.6) is 0 Å². The van der Waals surface area contributed by atoms with Crippen LogP contribution in [-0.4, -0.2) is 42.9 Å². The second-order valence-corrected chi connectivity index (χ2v) is 8.20. The van der Waals surface area contributed by atoms with Crippen molar-refractivity contribution >= 4 is 28.8 Å². The van der Waals surface area contributed by atoms with Crippen LogP contribution in [0, 0.1) is 13.8 Å². The highest BCUT2D eigenvalue weighted by Gasteiger charge is 2.21. The SMILES string of the molecule is Cc1cc(C)cc(NC(=O)C(=O)NCCN2CCC(c3cccs3)CC2)c1. The minimum absolute atomic E-state index is 0.489. The monoisotopic (exact) mass is 385 g/mol. The van der Waals surface area contributed by atoms with E-state index in [9.17, 15) is 9.59 Å². The van der Waals surface area contributed by atoms with E-state index in [4.69, 9.17) is 0 Å². The molecule has 1 aliphatic heterocycles. The molecule has 2 N–H and O–H groups in total. The van der Waals surface area contributed by atoms with Crippen LogP contribution < -0.4 is 10.6 Å². The van der Waals surface area contributed by atoms with Crippen molar-refractivity contribution in [2.45, 2.75) is 32.6 Å². The average molecular weight is 386 g/mol. The molecule has 1 aromatic heterocycles. The lowest BCUT2D eigenvalue weighted by Crippen LogP contribution is -2.42. The number of thiophene rings is 1. The summed E-state index contributed by atoms with van der Waals surface area (Å²) in [6.07, 6.45) is 2.31. The molecule has 3 rings (SSSR count). The molecule has 1 saturated heterocycles. The van der Waals surface area contributed by atoms with Crippen molar-refractivity contribution in [1.82, 2.24) is 10.2 Å². The van der Waals surface area contributed by atoms with Crippen LogP contribution >= 0.6 is 11.3 Å². The molecule has 0 bridgehead atoms. The molecule has 1 fully saturated rings. The fourth-order valence-electron chi connectivity index (χ4n) is 3.61. The molecular formula is C21H27N3O2S. The van der Waals surface area contributed by atoms with E-state index in [1.165, 1.54) is 4.88 Å². The van der Waals surface area contributed by atoms with Gasteiger partial charge < -0.3 is 15.5 Å². The Labute approximate surface area is 164 Å². The molecule has 0 unspecified atom stereocenters. The van der Waals surface area contributed by atoms with Gasteiger partial charge in [0.2, 0.25) is 0 Å². The smallest absolute Gasteiger partial charge is 0.313 e. The number of likely N-dealkylation sites (tertiary alicyclic amines) is 1. The van der Waals surface area contributed by atoms with E-state index in [0.29, 0.717) is 18.2 Å². The van der Waals surface area contributed by atoms with Crippen molar-refractivity contribution in [3.05, 3.63) is 51.7 Å². The van der Waals surface area contributed by atoms with E-state index in [1.807, 2.05) is 43.4 Å². The Morgan fingerprint density at radius 2 is 1.81 bits per heavy atom. The van der Waals surface area contributed by atoms with Crippen LogP contribution in [0.3, 0.4) is 0 Å². The van der Waals surface area contributed by atoms with Gasteiger partial charge in [0, 0.05) is 23.7 Å². The molecule has 27 heavy (non-hydrogen) atoms. The van der Waals surface area contributed by atoms with E-state index >= 15 is 0 Å². The number of aryl methyl sites for hydroxylation is 2. The molecule has 1 aromatic carbocycles. The first-order chi connectivity index (χ1) is 13.0. The molecule has 1 aliphatic rings. The van der Waals surface area contributed by atoms with Crippen molar-refractivity contribution in [1.29, 1.82) is 0 Å². The molecule has 2 aromatic rings. The maximum atomic E-state index is 12.1. The van der Waals surface area contributed by atoms with Crippen LogP contribution in [0.1, 0.15) is 34.8 Å². The minimum atomic E-state index is -0.614. The largest absolute Gasteiger partial charge is 0.347 e. The highest BCUT2D eigenvalue weighted by Crippen LogP contribution is 2.30. The Balaban J connectivity index is 1.37. The number of hydrogen-bond donors (Lipinski definition) is 2. The van der Waals surface area contributed by atoms with E-state index in [1.54, 1.807) is 0 Å². The maximum Gasteiger partial charge on any atom is 0.313 e. The third-order valence-electron chi connectivity index (χ3n) is 4.93.